The van der Waals surface area contributed by atoms with E-state index in [-0.39, 0.29) is 10.9 Å². The van der Waals surface area contributed by atoms with E-state index in [1.54, 1.807) is 28.8 Å². The van der Waals surface area contributed by atoms with Gasteiger partial charge >= 0.3 is 0 Å². The molecule has 3 N–H and O–H groups in total. The molecule has 0 unspecified atom stereocenters. The molecule has 4 rings (SSSR count). The smallest absolute Gasteiger partial charge is 0.240 e. The lowest BCUT2D eigenvalue weighted by Gasteiger charge is -2.09. The maximum Gasteiger partial charge on any atom is 0.240 e. The van der Waals surface area contributed by atoms with E-state index in [2.05, 4.69) is 9.82 Å². The van der Waals surface area contributed by atoms with Crippen LogP contribution in [0.4, 0.5) is 5.82 Å². The zero-order valence-electron chi connectivity index (χ0n) is 12.3. The summed E-state index contributed by atoms with van der Waals surface area (Å²) in [5.41, 5.74) is 8.31. The summed E-state index contributed by atoms with van der Waals surface area (Å²) in [4.78, 5) is 0.274. The third-order valence-electron chi connectivity index (χ3n) is 3.88. The van der Waals surface area contributed by atoms with Gasteiger partial charge in [0.1, 0.15) is 5.82 Å². The fourth-order valence-corrected chi connectivity index (χ4v) is 3.95. The van der Waals surface area contributed by atoms with Crippen molar-refractivity contribution < 1.29 is 8.42 Å². The van der Waals surface area contributed by atoms with Crippen molar-refractivity contribution in [1.29, 1.82) is 0 Å². The van der Waals surface area contributed by atoms with Crippen LogP contribution in [0.2, 0.25) is 0 Å². The molecule has 1 fully saturated rings. The highest BCUT2D eigenvalue weighted by molar-refractivity contribution is 7.89. The zero-order chi connectivity index (χ0) is 16.0. The number of nitrogens with zero attached hydrogens (tertiary/aromatic N) is 2. The van der Waals surface area contributed by atoms with E-state index >= 15 is 0 Å². The molecular formula is C16H16N4O2S. The second kappa shape index (κ2) is 5.07. The minimum absolute atomic E-state index is 0.0849. The Balaban J connectivity index is 1.81. The number of aromatic nitrogens is 2. The molecule has 0 spiro atoms. The number of nitrogen functional groups attached to an aromatic ring is 1. The summed E-state index contributed by atoms with van der Waals surface area (Å²) in [7, 11) is -3.47. The molecule has 0 amide bonds. The van der Waals surface area contributed by atoms with E-state index in [4.69, 9.17) is 5.73 Å². The highest BCUT2D eigenvalue weighted by Gasteiger charge is 2.28. The number of anilines is 1. The third-order valence-corrected chi connectivity index (χ3v) is 5.39. The molecule has 0 bridgehead atoms. The number of rotatable bonds is 4. The Morgan fingerprint density at radius 3 is 2.78 bits per heavy atom. The maximum atomic E-state index is 12.4. The van der Waals surface area contributed by atoms with Crippen molar-refractivity contribution in [3.63, 3.8) is 0 Å². The summed E-state index contributed by atoms with van der Waals surface area (Å²) >= 11 is 0. The molecule has 1 aliphatic carbocycles. The van der Waals surface area contributed by atoms with Crippen LogP contribution in [0, 0.1) is 0 Å². The van der Waals surface area contributed by atoms with Crippen LogP contribution in [0.15, 0.2) is 53.6 Å². The Labute approximate surface area is 134 Å². The van der Waals surface area contributed by atoms with Crippen LogP contribution in [0.3, 0.4) is 0 Å². The van der Waals surface area contributed by atoms with Crippen LogP contribution >= 0.6 is 0 Å². The van der Waals surface area contributed by atoms with Crippen molar-refractivity contribution in [1.82, 2.24) is 14.3 Å². The molecule has 1 aliphatic rings. The van der Waals surface area contributed by atoms with E-state index < -0.39 is 10.0 Å². The molecule has 1 saturated carbocycles. The average molecular weight is 328 g/mol. The van der Waals surface area contributed by atoms with E-state index in [1.165, 1.54) is 0 Å². The van der Waals surface area contributed by atoms with Crippen molar-refractivity contribution in [2.24, 2.45) is 0 Å². The van der Waals surface area contributed by atoms with Crippen LogP contribution in [-0.4, -0.2) is 24.1 Å². The van der Waals surface area contributed by atoms with Gasteiger partial charge in [0.25, 0.3) is 0 Å². The molecule has 1 aromatic carbocycles. The first kappa shape index (κ1) is 14.2. The minimum atomic E-state index is -3.47. The quantitative estimate of drug-likeness (QED) is 0.767. The third kappa shape index (κ3) is 2.69. The zero-order valence-corrected chi connectivity index (χ0v) is 13.1. The van der Waals surface area contributed by atoms with Crippen LogP contribution in [-0.2, 0) is 10.0 Å². The minimum Gasteiger partial charge on any atom is -0.382 e. The molecule has 118 valence electrons. The number of pyridine rings is 1. The number of sulfonamides is 1. The monoisotopic (exact) mass is 328 g/mol. The maximum absolute atomic E-state index is 12.4. The van der Waals surface area contributed by atoms with E-state index in [0.717, 1.165) is 29.5 Å². The van der Waals surface area contributed by atoms with Gasteiger partial charge < -0.3 is 5.73 Å². The normalized spacial score (nSPS) is 15.1. The number of hydrogen-bond donors (Lipinski definition) is 2. The summed E-state index contributed by atoms with van der Waals surface area (Å²) in [6.45, 7) is 0. The van der Waals surface area contributed by atoms with Gasteiger partial charge in [-0.05, 0) is 36.6 Å². The first-order valence-electron chi connectivity index (χ1n) is 7.39. The van der Waals surface area contributed by atoms with Crippen LogP contribution in [0.5, 0.6) is 0 Å². The fraction of sp³-hybridized carbons (Fsp3) is 0.188. The van der Waals surface area contributed by atoms with Crippen LogP contribution in [0.1, 0.15) is 12.8 Å². The summed E-state index contributed by atoms with van der Waals surface area (Å²) in [6, 6.07) is 12.6. The van der Waals surface area contributed by atoms with Gasteiger partial charge in [-0.25, -0.2) is 17.7 Å². The summed E-state index contributed by atoms with van der Waals surface area (Å²) in [5.74, 6) is 0.427. The van der Waals surface area contributed by atoms with Crippen molar-refractivity contribution in [3.05, 3.63) is 48.7 Å². The average Bonchev–Trinajstić information content (AvgIpc) is 3.24. The highest BCUT2D eigenvalue weighted by atomic mass is 32.2. The molecule has 0 radical (unpaired) electrons. The lowest BCUT2D eigenvalue weighted by molar-refractivity contribution is 0.581. The molecule has 2 heterocycles. The first-order chi connectivity index (χ1) is 11.0. The summed E-state index contributed by atoms with van der Waals surface area (Å²) < 4.78 is 29.2. The molecule has 7 heteroatoms. The van der Waals surface area contributed by atoms with Crippen LogP contribution in [0.25, 0.3) is 16.6 Å². The van der Waals surface area contributed by atoms with Crippen molar-refractivity contribution in [2.45, 2.75) is 23.8 Å². The molecule has 0 aliphatic heterocycles. The number of nitrogens with two attached hydrogens (primary N) is 1. The predicted molar refractivity (Wildman–Crippen MR) is 88.4 cm³/mol. The Hall–Kier alpha value is -2.38. The SMILES string of the molecule is Nc1cc2c(-c3cccc(S(=O)(=O)NC4CC4)c3)cccn2n1. The standard InChI is InChI=1S/C16H16N4O2S/c17-16-10-15-14(5-2-8-20(15)18-16)11-3-1-4-13(9-11)23(21,22)19-12-6-7-12/h1-5,8-10,12,19H,6-7H2,(H2,17,18). The van der Waals surface area contributed by atoms with Gasteiger partial charge in [0.15, 0.2) is 0 Å². The van der Waals surface area contributed by atoms with Crippen molar-refractivity contribution in [3.8, 4) is 11.1 Å². The van der Waals surface area contributed by atoms with Crippen LogP contribution < -0.4 is 10.5 Å². The molecule has 6 nitrogen and oxygen atoms in total. The van der Waals surface area contributed by atoms with Gasteiger partial charge in [-0.15, -0.1) is 0 Å². The Morgan fingerprint density at radius 1 is 1.17 bits per heavy atom. The molecule has 2 aromatic heterocycles. The molecule has 23 heavy (non-hydrogen) atoms. The molecular weight excluding hydrogens is 312 g/mol. The van der Waals surface area contributed by atoms with E-state index in [9.17, 15) is 8.42 Å². The van der Waals surface area contributed by atoms with E-state index in [1.807, 2.05) is 24.4 Å². The lowest BCUT2D eigenvalue weighted by atomic mass is 10.1. The van der Waals surface area contributed by atoms with Crippen molar-refractivity contribution in [2.75, 3.05) is 5.73 Å². The predicted octanol–water partition coefficient (Wildman–Crippen LogP) is 2.02. The molecule has 0 saturated heterocycles. The number of fused-ring (bicyclic) bond motifs is 1. The number of nitrogens with one attached hydrogen (secondary N) is 1. The van der Waals surface area contributed by atoms with Gasteiger partial charge in [0.05, 0.1) is 10.4 Å². The second-order valence-electron chi connectivity index (χ2n) is 5.74. The summed E-state index contributed by atoms with van der Waals surface area (Å²) in [6.07, 6.45) is 3.63. The van der Waals surface area contributed by atoms with Crippen molar-refractivity contribution >= 4 is 21.4 Å². The Morgan fingerprint density at radius 2 is 2.00 bits per heavy atom. The first-order valence-corrected chi connectivity index (χ1v) is 8.88. The number of hydrogen-bond acceptors (Lipinski definition) is 4. The van der Waals surface area contributed by atoms with Gasteiger partial charge in [-0.2, -0.15) is 5.10 Å². The summed E-state index contributed by atoms with van der Waals surface area (Å²) in [5, 5.41) is 4.18. The Kier molecular flexibility index (Phi) is 3.14. The van der Waals surface area contributed by atoms with Gasteiger partial charge in [-0.1, -0.05) is 18.2 Å². The number of benzene rings is 1. The topological polar surface area (TPSA) is 89.5 Å². The Bertz CT molecular complexity index is 990. The largest absolute Gasteiger partial charge is 0.382 e. The molecule has 0 atom stereocenters. The fourth-order valence-electron chi connectivity index (χ4n) is 2.60. The van der Waals surface area contributed by atoms with Gasteiger partial charge in [0, 0.05) is 23.9 Å². The van der Waals surface area contributed by atoms with E-state index in [0.29, 0.717) is 5.82 Å². The van der Waals surface area contributed by atoms with Gasteiger partial charge in [0.2, 0.25) is 10.0 Å². The lowest BCUT2D eigenvalue weighted by Crippen LogP contribution is -2.25. The second-order valence-corrected chi connectivity index (χ2v) is 7.46. The molecule has 3 aromatic rings. The highest BCUT2D eigenvalue weighted by Crippen LogP contribution is 2.28. The van der Waals surface area contributed by atoms with Gasteiger partial charge in [-0.3, -0.25) is 0 Å².